The monoisotopic (exact) mass is 823 g/mol. The van der Waals surface area contributed by atoms with E-state index in [1.54, 1.807) is 0 Å². The predicted molar refractivity (Wildman–Crippen MR) is 247 cm³/mol. The molecule has 0 radical (unpaired) electrons. The lowest BCUT2D eigenvalue weighted by atomic mass is 10.1. The van der Waals surface area contributed by atoms with Crippen LogP contribution < -0.4 is 0 Å². The standard InChI is InChI=1S/C51H83NO7/c1-6-8-10-12-14-16-18-20-22-23-24-25-26-27-28-30-32-34-36-38-40-42-50(54)59-47(45-57-44-43-48(51(55)56)52(3,4)5)46-58-49(53)41-39-37-35-33-31-29-21-19-17-15-13-11-9-7-2/h8-11,14-17,20,22,24-25,27-28,32,34,47-48H,6-7,12-13,18-19,21,23,26,29-31,33,35-46H2,1-5H3/p+1/b10-8+,11-9+,16-14+,17-15+,22-20+,25-24+,28-27+,34-32+. The van der Waals surface area contributed by atoms with Crippen LogP contribution in [0.3, 0.4) is 0 Å². The molecule has 0 bridgehead atoms. The second kappa shape index (κ2) is 41.0. The van der Waals surface area contributed by atoms with Gasteiger partial charge < -0.3 is 23.8 Å². The minimum Gasteiger partial charge on any atom is -0.477 e. The molecule has 0 aliphatic heterocycles. The molecule has 334 valence electrons. The van der Waals surface area contributed by atoms with E-state index in [1.807, 2.05) is 21.1 Å². The summed E-state index contributed by atoms with van der Waals surface area (Å²) < 4.78 is 17.2. The summed E-state index contributed by atoms with van der Waals surface area (Å²) in [7, 11) is 5.50. The number of hydrogen-bond donors (Lipinski definition) is 1. The Morgan fingerprint density at radius 3 is 1.36 bits per heavy atom. The van der Waals surface area contributed by atoms with Gasteiger partial charge in [-0.3, -0.25) is 9.59 Å². The van der Waals surface area contributed by atoms with Crippen LogP contribution in [-0.2, 0) is 28.6 Å². The maximum atomic E-state index is 12.7. The summed E-state index contributed by atoms with van der Waals surface area (Å²) >= 11 is 0. The van der Waals surface area contributed by atoms with Crippen LogP contribution in [0.15, 0.2) is 97.2 Å². The van der Waals surface area contributed by atoms with Crippen molar-refractivity contribution in [2.45, 2.75) is 167 Å². The first-order valence-electron chi connectivity index (χ1n) is 22.8. The molecular formula is C51H84NO7+. The van der Waals surface area contributed by atoms with Crippen molar-refractivity contribution >= 4 is 17.9 Å². The van der Waals surface area contributed by atoms with Gasteiger partial charge in [0.25, 0.3) is 0 Å². The van der Waals surface area contributed by atoms with Crippen molar-refractivity contribution < 1.29 is 38.2 Å². The van der Waals surface area contributed by atoms with Gasteiger partial charge in [-0.05, 0) is 89.9 Å². The van der Waals surface area contributed by atoms with Crippen LogP contribution in [0.2, 0.25) is 0 Å². The van der Waals surface area contributed by atoms with Gasteiger partial charge in [-0.25, -0.2) is 4.79 Å². The van der Waals surface area contributed by atoms with Crippen molar-refractivity contribution in [1.82, 2.24) is 0 Å². The summed E-state index contributed by atoms with van der Waals surface area (Å²) in [5, 5.41) is 9.63. The number of rotatable bonds is 39. The van der Waals surface area contributed by atoms with E-state index in [2.05, 4.69) is 111 Å². The summed E-state index contributed by atoms with van der Waals surface area (Å²) in [5.41, 5.74) is 0. The number of aliphatic carboxylic acids is 1. The number of nitrogens with zero attached hydrogens (tertiary/aromatic N) is 1. The van der Waals surface area contributed by atoms with Gasteiger partial charge in [0.1, 0.15) is 6.61 Å². The number of quaternary nitrogens is 1. The molecule has 0 aliphatic carbocycles. The first-order valence-corrected chi connectivity index (χ1v) is 22.8. The van der Waals surface area contributed by atoms with Gasteiger partial charge in [-0.2, -0.15) is 0 Å². The average Bonchev–Trinajstić information content (AvgIpc) is 3.19. The smallest absolute Gasteiger partial charge is 0.362 e. The molecule has 0 rings (SSSR count). The Hall–Kier alpha value is -3.75. The Morgan fingerprint density at radius 2 is 0.898 bits per heavy atom. The van der Waals surface area contributed by atoms with E-state index in [1.165, 1.54) is 25.7 Å². The third-order valence-electron chi connectivity index (χ3n) is 9.48. The van der Waals surface area contributed by atoms with Gasteiger partial charge >= 0.3 is 17.9 Å². The lowest BCUT2D eigenvalue weighted by Crippen LogP contribution is -2.50. The summed E-state index contributed by atoms with van der Waals surface area (Å²) in [5.74, 6) is -1.55. The molecule has 0 aromatic heterocycles. The Kier molecular flexibility index (Phi) is 38.4. The Bertz CT molecular complexity index is 1280. The molecule has 0 amide bonds. The highest BCUT2D eigenvalue weighted by molar-refractivity contribution is 5.72. The van der Waals surface area contributed by atoms with E-state index in [9.17, 15) is 19.5 Å². The Balaban J connectivity index is 4.44. The highest BCUT2D eigenvalue weighted by Gasteiger charge is 2.31. The highest BCUT2D eigenvalue weighted by Crippen LogP contribution is 2.13. The minimum atomic E-state index is -0.888. The topological polar surface area (TPSA) is 99.1 Å². The van der Waals surface area contributed by atoms with Crippen molar-refractivity contribution in [2.75, 3.05) is 41.0 Å². The fourth-order valence-electron chi connectivity index (χ4n) is 6.01. The van der Waals surface area contributed by atoms with Crippen LogP contribution in [0.1, 0.15) is 155 Å². The normalized spacial score (nSPS) is 13.8. The highest BCUT2D eigenvalue weighted by atomic mass is 16.6. The molecule has 0 aromatic rings. The van der Waals surface area contributed by atoms with E-state index in [0.717, 1.165) is 89.9 Å². The molecule has 8 nitrogen and oxygen atoms in total. The number of hydrogen-bond acceptors (Lipinski definition) is 6. The number of likely N-dealkylation sites (N-methyl/N-ethyl adjacent to an activating group) is 1. The number of carboxylic acid groups (broad SMARTS) is 1. The second-order valence-electron chi connectivity index (χ2n) is 15.9. The molecule has 0 fully saturated rings. The lowest BCUT2D eigenvalue weighted by molar-refractivity contribution is -0.887. The van der Waals surface area contributed by atoms with Crippen molar-refractivity contribution in [3.05, 3.63) is 97.2 Å². The maximum Gasteiger partial charge on any atom is 0.362 e. The van der Waals surface area contributed by atoms with Crippen LogP contribution >= 0.6 is 0 Å². The molecule has 2 unspecified atom stereocenters. The maximum absolute atomic E-state index is 12.7. The summed E-state index contributed by atoms with van der Waals surface area (Å²) in [4.78, 5) is 37.0. The van der Waals surface area contributed by atoms with E-state index in [4.69, 9.17) is 14.2 Å². The van der Waals surface area contributed by atoms with Crippen molar-refractivity contribution in [1.29, 1.82) is 0 Å². The lowest BCUT2D eigenvalue weighted by Gasteiger charge is -2.31. The third-order valence-corrected chi connectivity index (χ3v) is 9.48. The molecule has 0 heterocycles. The summed E-state index contributed by atoms with van der Waals surface area (Å²) in [6.45, 7) is 4.44. The van der Waals surface area contributed by atoms with Gasteiger partial charge in [-0.1, -0.05) is 143 Å². The number of carbonyl (C=O) groups excluding carboxylic acids is 2. The molecule has 8 heteroatoms. The molecule has 1 N–H and O–H groups in total. The second-order valence-corrected chi connectivity index (χ2v) is 15.9. The molecule has 0 aromatic carbocycles. The van der Waals surface area contributed by atoms with Crippen LogP contribution in [-0.4, -0.2) is 80.6 Å². The van der Waals surface area contributed by atoms with Gasteiger partial charge in [0.15, 0.2) is 12.1 Å². The Labute approximate surface area is 360 Å². The molecule has 2 atom stereocenters. The quantitative estimate of drug-likeness (QED) is 0.0285. The number of unbranched alkanes of at least 4 members (excludes halogenated alkanes) is 9. The molecule has 0 aliphatic rings. The van der Waals surface area contributed by atoms with Crippen LogP contribution in [0.4, 0.5) is 0 Å². The van der Waals surface area contributed by atoms with Crippen LogP contribution in [0.25, 0.3) is 0 Å². The molecule has 0 spiro atoms. The number of carbonyl (C=O) groups is 3. The van der Waals surface area contributed by atoms with Crippen molar-refractivity contribution in [3.63, 3.8) is 0 Å². The van der Waals surface area contributed by atoms with E-state index >= 15 is 0 Å². The molecular weight excluding hydrogens is 739 g/mol. The van der Waals surface area contributed by atoms with E-state index in [-0.39, 0.29) is 42.7 Å². The minimum absolute atomic E-state index is 0.0345. The zero-order valence-corrected chi connectivity index (χ0v) is 37.9. The van der Waals surface area contributed by atoms with E-state index in [0.29, 0.717) is 19.3 Å². The van der Waals surface area contributed by atoms with Crippen molar-refractivity contribution in [2.24, 2.45) is 0 Å². The van der Waals surface area contributed by atoms with Crippen LogP contribution in [0, 0.1) is 0 Å². The van der Waals surface area contributed by atoms with Crippen LogP contribution in [0.5, 0.6) is 0 Å². The summed E-state index contributed by atoms with van der Waals surface area (Å²) in [6, 6.07) is -0.630. The summed E-state index contributed by atoms with van der Waals surface area (Å²) in [6.07, 6.45) is 54.5. The Morgan fingerprint density at radius 1 is 0.508 bits per heavy atom. The number of carboxylic acids is 1. The third kappa shape index (κ3) is 39.5. The average molecular weight is 823 g/mol. The molecule has 0 saturated carbocycles. The van der Waals surface area contributed by atoms with E-state index < -0.39 is 18.1 Å². The zero-order chi connectivity index (χ0) is 43.5. The SMILES string of the molecule is CC/C=C/C/C=C/C/C=C/C/C=C/C/C=C/C/C=C/CCCCC(=O)OC(COCCC(C(=O)O)[N+](C)(C)C)COC(=O)CCCCCCCCC/C=C/C/C=C/CC. The fourth-order valence-corrected chi connectivity index (χ4v) is 6.01. The molecule has 59 heavy (non-hydrogen) atoms. The first-order chi connectivity index (χ1) is 28.6. The van der Waals surface area contributed by atoms with Crippen molar-refractivity contribution in [3.8, 4) is 0 Å². The first kappa shape index (κ1) is 55.2. The van der Waals surface area contributed by atoms with Gasteiger partial charge in [-0.15, -0.1) is 0 Å². The number of allylic oxidation sites excluding steroid dienone is 16. The zero-order valence-electron chi connectivity index (χ0n) is 37.9. The number of esters is 2. The van der Waals surface area contributed by atoms with Gasteiger partial charge in [0, 0.05) is 19.3 Å². The van der Waals surface area contributed by atoms with Gasteiger partial charge in [0.05, 0.1) is 34.4 Å². The fraction of sp³-hybridized carbons (Fsp3) is 0.627. The largest absolute Gasteiger partial charge is 0.477 e. The molecule has 0 saturated heterocycles. The van der Waals surface area contributed by atoms with Gasteiger partial charge in [0.2, 0.25) is 0 Å². The number of ether oxygens (including phenoxy) is 3. The predicted octanol–water partition coefficient (Wildman–Crippen LogP) is 12.7.